The first kappa shape index (κ1) is 14.5. The van der Waals surface area contributed by atoms with Gasteiger partial charge in [0.1, 0.15) is 10.7 Å². The van der Waals surface area contributed by atoms with Crippen LogP contribution in [0.5, 0.6) is 0 Å². The maximum atomic E-state index is 12.4. The Kier molecular flexibility index (Phi) is 3.70. The molecule has 3 aromatic rings. The lowest BCUT2D eigenvalue weighted by atomic mass is 10.5. The van der Waals surface area contributed by atoms with E-state index in [1.165, 1.54) is 15.7 Å². The summed E-state index contributed by atoms with van der Waals surface area (Å²) in [6, 6.07) is 5.17. The van der Waals surface area contributed by atoms with Crippen molar-refractivity contribution in [2.45, 2.75) is 18.5 Å². The van der Waals surface area contributed by atoms with E-state index in [0.29, 0.717) is 10.7 Å². The summed E-state index contributed by atoms with van der Waals surface area (Å²) in [7, 11) is -3.78. The predicted molar refractivity (Wildman–Crippen MR) is 81.1 cm³/mol. The molecule has 0 aliphatic carbocycles. The fourth-order valence-electron chi connectivity index (χ4n) is 1.89. The van der Waals surface area contributed by atoms with Gasteiger partial charge < -0.3 is 0 Å². The number of hydrogen-bond acceptors (Lipinski definition) is 5. The molecule has 0 saturated carbocycles. The van der Waals surface area contributed by atoms with Crippen LogP contribution in [0, 0.1) is 6.92 Å². The van der Waals surface area contributed by atoms with Gasteiger partial charge in [0.15, 0.2) is 10.2 Å². The van der Waals surface area contributed by atoms with Gasteiger partial charge in [-0.1, -0.05) is 17.7 Å². The highest BCUT2D eigenvalue weighted by Crippen LogP contribution is 2.22. The smallest absolute Gasteiger partial charge is 0.260 e. The quantitative estimate of drug-likeness (QED) is 0.788. The van der Waals surface area contributed by atoms with Gasteiger partial charge in [-0.25, -0.2) is 23.1 Å². The molecule has 0 atom stereocenters. The number of nitrogens with one attached hydrogen (secondary N) is 1. The van der Waals surface area contributed by atoms with Crippen LogP contribution in [0.1, 0.15) is 10.7 Å². The molecule has 0 aromatic carbocycles. The Balaban J connectivity index is 1.95. The van der Waals surface area contributed by atoms with Crippen molar-refractivity contribution in [1.29, 1.82) is 0 Å². The van der Waals surface area contributed by atoms with Crippen LogP contribution in [-0.2, 0) is 16.6 Å². The van der Waals surface area contributed by atoms with E-state index in [-0.39, 0.29) is 16.7 Å². The van der Waals surface area contributed by atoms with Crippen LogP contribution < -0.4 is 4.72 Å². The van der Waals surface area contributed by atoms with Crippen molar-refractivity contribution in [3.63, 3.8) is 0 Å². The molecule has 0 bridgehead atoms. The second-order valence-corrected chi connectivity index (χ2v) is 7.33. The molecule has 1 N–H and O–H groups in total. The van der Waals surface area contributed by atoms with Crippen LogP contribution in [0.2, 0.25) is 5.15 Å². The Morgan fingerprint density at radius 3 is 2.90 bits per heavy atom. The van der Waals surface area contributed by atoms with Crippen molar-refractivity contribution in [2.75, 3.05) is 0 Å². The predicted octanol–water partition coefficient (Wildman–Crippen LogP) is 2.23. The number of sulfonamides is 1. The number of thiazole rings is 1. The number of halogens is 1. The van der Waals surface area contributed by atoms with Crippen molar-refractivity contribution in [1.82, 2.24) is 19.1 Å². The summed E-state index contributed by atoms with van der Waals surface area (Å²) in [4.78, 5) is 8.25. The van der Waals surface area contributed by atoms with Crippen LogP contribution in [0.25, 0.3) is 5.65 Å². The Labute approximate surface area is 130 Å². The van der Waals surface area contributed by atoms with Gasteiger partial charge in [0.25, 0.3) is 10.0 Å². The molecule has 3 aromatic heterocycles. The first-order valence-electron chi connectivity index (χ1n) is 6.00. The summed E-state index contributed by atoms with van der Waals surface area (Å²) in [6.07, 6.45) is 1.61. The monoisotopic (exact) mass is 342 g/mol. The van der Waals surface area contributed by atoms with Gasteiger partial charge in [-0.05, 0) is 19.1 Å². The molecule has 6 nitrogen and oxygen atoms in total. The van der Waals surface area contributed by atoms with E-state index >= 15 is 0 Å². The number of imidazole rings is 1. The molecule has 0 fully saturated rings. The topological polar surface area (TPSA) is 76.4 Å². The maximum absolute atomic E-state index is 12.4. The number of aryl methyl sites for hydroxylation is 1. The molecule has 0 radical (unpaired) electrons. The number of hydrogen-bond donors (Lipinski definition) is 1. The van der Waals surface area contributed by atoms with Gasteiger partial charge in [-0.3, -0.25) is 4.40 Å². The van der Waals surface area contributed by atoms with Gasteiger partial charge in [0, 0.05) is 17.3 Å². The van der Waals surface area contributed by atoms with E-state index in [4.69, 9.17) is 11.6 Å². The molecule has 0 saturated heterocycles. The largest absolute Gasteiger partial charge is 0.288 e. The average Bonchev–Trinajstić information content (AvgIpc) is 2.99. The first-order valence-corrected chi connectivity index (χ1v) is 8.75. The molecule has 9 heteroatoms. The number of pyridine rings is 1. The molecule has 0 spiro atoms. The van der Waals surface area contributed by atoms with Crippen molar-refractivity contribution in [3.8, 4) is 0 Å². The Hall–Kier alpha value is -1.48. The van der Waals surface area contributed by atoms with Crippen LogP contribution in [-0.4, -0.2) is 22.8 Å². The zero-order chi connectivity index (χ0) is 15.0. The lowest BCUT2D eigenvalue weighted by molar-refractivity contribution is 0.576. The molecule has 3 heterocycles. The van der Waals surface area contributed by atoms with E-state index in [9.17, 15) is 8.42 Å². The Morgan fingerprint density at radius 2 is 2.19 bits per heavy atom. The highest BCUT2D eigenvalue weighted by atomic mass is 35.5. The third-order valence-corrected chi connectivity index (χ3v) is 5.55. The Morgan fingerprint density at radius 1 is 1.38 bits per heavy atom. The highest BCUT2D eigenvalue weighted by molar-refractivity contribution is 7.89. The minimum atomic E-state index is -3.78. The van der Waals surface area contributed by atoms with Crippen LogP contribution in [0.3, 0.4) is 0 Å². The molecular weight excluding hydrogens is 332 g/mol. The van der Waals surface area contributed by atoms with Crippen molar-refractivity contribution in [2.24, 2.45) is 0 Å². The van der Waals surface area contributed by atoms with Crippen molar-refractivity contribution in [3.05, 3.63) is 45.6 Å². The molecule has 0 aliphatic rings. The van der Waals surface area contributed by atoms with Gasteiger partial charge in [-0.15, -0.1) is 11.3 Å². The molecule has 0 unspecified atom stereocenters. The summed E-state index contributed by atoms with van der Waals surface area (Å²) in [5.41, 5.74) is 1.34. The summed E-state index contributed by atoms with van der Waals surface area (Å²) in [5, 5.41) is 2.45. The number of fused-ring (bicyclic) bond motifs is 1. The Bertz CT molecular complexity index is 901. The van der Waals surface area contributed by atoms with Gasteiger partial charge in [-0.2, -0.15) is 0 Å². The molecule has 0 amide bonds. The van der Waals surface area contributed by atoms with Gasteiger partial charge >= 0.3 is 0 Å². The van der Waals surface area contributed by atoms with Crippen molar-refractivity contribution >= 4 is 38.6 Å². The van der Waals surface area contributed by atoms with Crippen LogP contribution >= 0.6 is 22.9 Å². The zero-order valence-corrected chi connectivity index (χ0v) is 13.3. The normalized spacial score (nSPS) is 12.1. The fraction of sp³-hybridized carbons (Fsp3) is 0.167. The number of aromatic nitrogens is 3. The van der Waals surface area contributed by atoms with Gasteiger partial charge in [0.2, 0.25) is 0 Å². The molecule has 3 rings (SSSR count). The molecule has 21 heavy (non-hydrogen) atoms. The van der Waals surface area contributed by atoms with Crippen LogP contribution in [0.15, 0.2) is 34.8 Å². The minimum absolute atomic E-state index is 0.0518. The second-order valence-electron chi connectivity index (χ2n) is 4.34. The zero-order valence-electron chi connectivity index (χ0n) is 10.9. The van der Waals surface area contributed by atoms with Gasteiger partial charge in [0.05, 0.1) is 6.54 Å². The van der Waals surface area contributed by atoms with Crippen LogP contribution in [0.4, 0.5) is 0 Å². The third kappa shape index (κ3) is 2.80. The second kappa shape index (κ2) is 5.38. The third-order valence-electron chi connectivity index (χ3n) is 2.78. The van der Waals surface area contributed by atoms with E-state index in [2.05, 4.69) is 14.7 Å². The molecular formula is C12H11ClN4O2S2. The SMILES string of the molecule is Cc1csc(CNS(=O)(=O)c2c(Cl)nc3ccccn23)n1. The van der Waals surface area contributed by atoms with Crippen molar-refractivity contribution < 1.29 is 8.42 Å². The van der Waals surface area contributed by atoms with E-state index < -0.39 is 10.0 Å². The fourth-order valence-corrected chi connectivity index (χ4v) is 4.32. The average molecular weight is 343 g/mol. The maximum Gasteiger partial charge on any atom is 0.260 e. The standard InChI is InChI=1S/C12H11ClN4O2S2/c1-8-7-20-10(15-8)6-14-21(18,19)12-11(13)16-9-4-2-3-5-17(9)12/h2-5,7,14H,6H2,1H3. The van der Waals surface area contributed by atoms with E-state index in [1.54, 1.807) is 24.4 Å². The summed E-state index contributed by atoms with van der Waals surface area (Å²) < 4.78 is 28.8. The molecule has 110 valence electrons. The van der Waals surface area contributed by atoms with E-state index in [1.807, 2.05) is 12.3 Å². The summed E-state index contributed by atoms with van der Waals surface area (Å²) >= 11 is 7.38. The summed E-state index contributed by atoms with van der Waals surface area (Å²) in [5.74, 6) is 0. The van der Waals surface area contributed by atoms with E-state index in [0.717, 1.165) is 5.69 Å². The highest BCUT2D eigenvalue weighted by Gasteiger charge is 2.24. The lowest BCUT2D eigenvalue weighted by Crippen LogP contribution is -2.24. The first-order chi connectivity index (χ1) is 9.97. The summed E-state index contributed by atoms with van der Waals surface area (Å²) in [6.45, 7) is 1.98. The lowest BCUT2D eigenvalue weighted by Gasteiger charge is -2.05. The number of nitrogens with zero attached hydrogens (tertiary/aromatic N) is 3. The molecule has 0 aliphatic heterocycles. The number of rotatable bonds is 4. The minimum Gasteiger partial charge on any atom is -0.288 e.